The van der Waals surface area contributed by atoms with Crippen molar-refractivity contribution in [2.75, 3.05) is 26.2 Å². The van der Waals surface area contributed by atoms with Gasteiger partial charge in [0.25, 0.3) is 0 Å². The van der Waals surface area contributed by atoms with Crippen LogP contribution in [0.5, 0.6) is 0 Å². The molecule has 1 aliphatic heterocycles. The van der Waals surface area contributed by atoms with Crippen LogP contribution < -0.4 is 5.73 Å². The molecule has 1 aromatic rings. The van der Waals surface area contributed by atoms with Gasteiger partial charge >= 0.3 is 0 Å². The summed E-state index contributed by atoms with van der Waals surface area (Å²) in [5.74, 6) is 0.401. The van der Waals surface area contributed by atoms with Crippen molar-refractivity contribution >= 4 is 15.9 Å². The number of amides is 1. The fourth-order valence-electron chi connectivity index (χ4n) is 4.71. The first-order valence-corrected chi connectivity index (χ1v) is 11.5. The summed E-state index contributed by atoms with van der Waals surface area (Å²) in [6.07, 6.45) is 6.74. The molecule has 148 valence electrons. The lowest BCUT2D eigenvalue weighted by Gasteiger charge is -2.34. The Bertz CT molecular complexity index is 816. The van der Waals surface area contributed by atoms with Gasteiger partial charge in [0.2, 0.25) is 15.9 Å². The summed E-state index contributed by atoms with van der Waals surface area (Å²) in [7, 11) is -3.49. The third kappa shape index (κ3) is 3.77. The van der Waals surface area contributed by atoms with E-state index in [1.807, 2.05) is 12.1 Å². The SMILES string of the molecule is N[C@@H]1CCC[C@H]1CC(=O)N1CCN(S(=O)(=O)c2ccc3c(c2)CCC3)CC1. The van der Waals surface area contributed by atoms with E-state index in [-0.39, 0.29) is 17.9 Å². The smallest absolute Gasteiger partial charge is 0.243 e. The van der Waals surface area contributed by atoms with Crippen molar-refractivity contribution in [3.05, 3.63) is 29.3 Å². The van der Waals surface area contributed by atoms with Crippen LogP contribution in [0.1, 0.15) is 43.2 Å². The molecule has 1 heterocycles. The predicted octanol–water partition coefficient (Wildman–Crippen LogP) is 1.53. The Morgan fingerprint density at radius 1 is 1.04 bits per heavy atom. The summed E-state index contributed by atoms with van der Waals surface area (Å²) in [4.78, 5) is 14.8. The number of hydrogen-bond acceptors (Lipinski definition) is 4. The van der Waals surface area contributed by atoms with Crippen molar-refractivity contribution in [2.45, 2.75) is 55.9 Å². The minimum Gasteiger partial charge on any atom is -0.340 e. The topological polar surface area (TPSA) is 83.7 Å². The first kappa shape index (κ1) is 18.9. The summed E-state index contributed by atoms with van der Waals surface area (Å²) in [5, 5.41) is 0. The number of piperazine rings is 1. The maximum atomic E-state index is 13.0. The highest BCUT2D eigenvalue weighted by molar-refractivity contribution is 7.89. The summed E-state index contributed by atoms with van der Waals surface area (Å²) >= 11 is 0. The minimum atomic E-state index is -3.49. The van der Waals surface area contributed by atoms with E-state index < -0.39 is 10.0 Å². The van der Waals surface area contributed by atoms with Gasteiger partial charge in [-0.3, -0.25) is 4.79 Å². The zero-order valence-electron chi connectivity index (χ0n) is 15.8. The zero-order chi connectivity index (χ0) is 19.0. The molecular formula is C20H29N3O3S. The molecule has 1 saturated heterocycles. The maximum absolute atomic E-state index is 13.0. The standard InChI is InChI=1S/C20H29N3O3S/c21-19-6-2-5-17(19)14-20(24)22-9-11-23(12-10-22)27(25,26)18-8-7-15-3-1-4-16(15)13-18/h7-8,13,17,19H,1-6,9-12,14,21H2/t17-,19+/m0/s1. The average Bonchev–Trinajstić information content (AvgIpc) is 3.30. The molecule has 0 unspecified atom stereocenters. The van der Waals surface area contributed by atoms with Crippen LogP contribution in [-0.4, -0.2) is 55.8 Å². The molecule has 0 bridgehead atoms. The summed E-state index contributed by atoms with van der Waals surface area (Å²) < 4.78 is 27.5. The first-order valence-electron chi connectivity index (χ1n) is 10.1. The Morgan fingerprint density at radius 3 is 2.48 bits per heavy atom. The van der Waals surface area contributed by atoms with E-state index in [0.29, 0.717) is 37.5 Å². The molecule has 27 heavy (non-hydrogen) atoms. The lowest BCUT2D eigenvalue weighted by Crippen LogP contribution is -2.51. The minimum absolute atomic E-state index is 0.118. The van der Waals surface area contributed by atoms with Crippen molar-refractivity contribution in [1.29, 1.82) is 0 Å². The number of aryl methyl sites for hydroxylation is 2. The van der Waals surface area contributed by atoms with Gasteiger partial charge in [-0.05, 0) is 61.3 Å². The number of carbonyl (C=O) groups is 1. The first-order chi connectivity index (χ1) is 12.9. The largest absolute Gasteiger partial charge is 0.340 e. The fraction of sp³-hybridized carbons (Fsp3) is 0.650. The Hall–Kier alpha value is -1.44. The molecule has 4 rings (SSSR count). The molecule has 2 aliphatic carbocycles. The van der Waals surface area contributed by atoms with Crippen molar-refractivity contribution in [3.63, 3.8) is 0 Å². The van der Waals surface area contributed by atoms with E-state index in [1.165, 1.54) is 9.87 Å². The van der Waals surface area contributed by atoms with Gasteiger partial charge < -0.3 is 10.6 Å². The van der Waals surface area contributed by atoms with Crippen molar-refractivity contribution in [1.82, 2.24) is 9.21 Å². The van der Waals surface area contributed by atoms with Gasteiger partial charge in [-0.1, -0.05) is 12.5 Å². The van der Waals surface area contributed by atoms with Gasteiger partial charge in [0.15, 0.2) is 0 Å². The highest BCUT2D eigenvalue weighted by atomic mass is 32.2. The molecule has 6 nitrogen and oxygen atoms in total. The van der Waals surface area contributed by atoms with E-state index in [9.17, 15) is 13.2 Å². The normalized spacial score (nSPS) is 26.3. The lowest BCUT2D eigenvalue weighted by atomic mass is 9.99. The highest BCUT2D eigenvalue weighted by Crippen LogP contribution is 2.29. The van der Waals surface area contributed by atoms with Crippen LogP contribution in [-0.2, 0) is 27.7 Å². The number of rotatable bonds is 4. The van der Waals surface area contributed by atoms with E-state index >= 15 is 0 Å². The van der Waals surface area contributed by atoms with Crippen LogP contribution in [0.4, 0.5) is 0 Å². The molecule has 0 radical (unpaired) electrons. The van der Waals surface area contributed by atoms with Crippen molar-refractivity contribution in [2.24, 2.45) is 11.7 Å². The number of fused-ring (bicyclic) bond motifs is 1. The number of nitrogens with zero attached hydrogens (tertiary/aromatic N) is 2. The maximum Gasteiger partial charge on any atom is 0.243 e. The Balaban J connectivity index is 1.37. The van der Waals surface area contributed by atoms with Crippen molar-refractivity contribution < 1.29 is 13.2 Å². The number of nitrogens with two attached hydrogens (primary N) is 1. The monoisotopic (exact) mass is 391 g/mol. The van der Waals surface area contributed by atoms with Crippen LogP contribution in [0, 0.1) is 5.92 Å². The van der Waals surface area contributed by atoms with Crippen LogP contribution in [0.2, 0.25) is 0 Å². The van der Waals surface area contributed by atoms with Crippen LogP contribution >= 0.6 is 0 Å². The second kappa shape index (κ2) is 7.53. The van der Waals surface area contributed by atoms with Gasteiger partial charge in [-0.15, -0.1) is 0 Å². The lowest BCUT2D eigenvalue weighted by molar-refractivity contribution is -0.133. The Kier molecular flexibility index (Phi) is 5.27. The average molecular weight is 392 g/mol. The number of benzene rings is 1. The van der Waals surface area contributed by atoms with E-state index in [4.69, 9.17) is 5.73 Å². The molecule has 2 atom stereocenters. The predicted molar refractivity (Wildman–Crippen MR) is 104 cm³/mol. The number of hydrogen-bond donors (Lipinski definition) is 1. The molecule has 1 amide bonds. The number of sulfonamides is 1. The van der Waals surface area contributed by atoms with Gasteiger partial charge in [-0.25, -0.2) is 8.42 Å². The summed E-state index contributed by atoms with van der Waals surface area (Å²) in [6.45, 7) is 1.65. The van der Waals surface area contributed by atoms with Gasteiger partial charge in [0, 0.05) is 38.6 Å². The van der Waals surface area contributed by atoms with E-state index in [2.05, 4.69) is 0 Å². The second-order valence-electron chi connectivity index (χ2n) is 8.13. The molecule has 1 aromatic carbocycles. The molecular weight excluding hydrogens is 362 g/mol. The molecule has 3 aliphatic rings. The zero-order valence-corrected chi connectivity index (χ0v) is 16.6. The molecule has 0 spiro atoms. The van der Waals surface area contributed by atoms with Gasteiger partial charge in [0.05, 0.1) is 4.90 Å². The molecule has 0 aromatic heterocycles. The van der Waals surface area contributed by atoms with Crippen LogP contribution in [0.25, 0.3) is 0 Å². The highest BCUT2D eigenvalue weighted by Gasteiger charge is 2.33. The second-order valence-corrected chi connectivity index (χ2v) is 10.1. The van der Waals surface area contributed by atoms with Crippen molar-refractivity contribution in [3.8, 4) is 0 Å². The van der Waals surface area contributed by atoms with Crippen LogP contribution in [0.3, 0.4) is 0 Å². The Labute approximate surface area is 161 Å². The van der Waals surface area contributed by atoms with Gasteiger partial charge in [-0.2, -0.15) is 4.31 Å². The summed E-state index contributed by atoms with van der Waals surface area (Å²) in [6, 6.07) is 5.67. The molecule has 2 fully saturated rings. The quantitative estimate of drug-likeness (QED) is 0.844. The Morgan fingerprint density at radius 2 is 1.78 bits per heavy atom. The third-order valence-electron chi connectivity index (χ3n) is 6.45. The van der Waals surface area contributed by atoms with E-state index in [1.54, 1.807) is 11.0 Å². The van der Waals surface area contributed by atoms with Gasteiger partial charge in [0.1, 0.15) is 0 Å². The third-order valence-corrected chi connectivity index (χ3v) is 8.35. The number of carbonyl (C=O) groups excluding carboxylic acids is 1. The van der Waals surface area contributed by atoms with E-state index in [0.717, 1.165) is 44.1 Å². The molecule has 1 saturated carbocycles. The molecule has 7 heteroatoms. The molecule has 2 N–H and O–H groups in total. The summed E-state index contributed by atoms with van der Waals surface area (Å²) in [5.41, 5.74) is 8.52. The fourth-order valence-corrected chi connectivity index (χ4v) is 6.18. The van der Waals surface area contributed by atoms with Crippen LogP contribution in [0.15, 0.2) is 23.1 Å².